The Balaban J connectivity index is 1.29. The van der Waals surface area contributed by atoms with Gasteiger partial charge < -0.3 is 14.5 Å². The maximum absolute atomic E-state index is 13.5. The number of aromatic amines is 1. The molecule has 5 rings (SSSR count). The molecule has 2 aliphatic heterocycles. The lowest BCUT2D eigenvalue weighted by atomic mass is 9.62. The molecule has 2 aromatic rings. The van der Waals surface area contributed by atoms with Gasteiger partial charge in [-0.2, -0.15) is 5.10 Å². The van der Waals surface area contributed by atoms with Crippen molar-refractivity contribution in [3.8, 4) is 17.0 Å². The average Bonchev–Trinajstić information content (AvgIpc) is 3.55. The van der Waals surface area contributed by atoms with E-state index in [1.807, 2.05) is 34.1 Å². The van der Waals surface area contributed by atoms with E-state index in [9.17, 15) is 9.59 Å². The largest absolute Gasteiger partial charge is 0.497 e. The van der Waals surface area contributed by atoms with Gasteiger partial charge >= 0.3 is 0 Å². The van der Waals surface area contributed by atoms with Crippen molar-refractivity contribution in [2.45, 2.75) is 44.9 Å². The Bertz CT molecular complexity index is 973. The van der Waals surface area contributed by atoms with E-state index in [0.29, 0.717) is 23.8 Å². The van der Waals surface area contributed by atoms with E-state index in [0.717, 1.165) is 75.3 Å². The molecule has 3 aliphatic rings. The van der Waals surface area contributed by atoms with Crippen molar-refractivity contribution in [2.75, 3.05) is 33.3 Å². The molecular formula is C25H32N4O3. The van der Waals surface area contributed by atoms with Gasteiger partial charge in [-0.05, 0) is 67.7 Å². The second-order valence-electron chi connectivity index (χ2n) is 9.61. The van der Waals surface area contributed by atoms with Crippen molar-refractivity contribution in [3.05, 3.63) is 36.0 Å². The van der Waals surface area contributed by atoms with Crippen molar-refractivity contribution in [2.24, 2.45) is 11.3 Å². The summed E-state index contributed by atoms with van der Waals surface area (Å²) in [5, 5.41) is 7.18. The number of benzene rings is 1. The molecule has 1 N–H and O–H groups in total. The van der Waals surface area contributed by atoms with E-state index >= 15 is 0 Å². The molecule has 2 saturated heterocycles. The number of hydrogen-bond acceptors (Lipinski definition) is 4. The molecule has 1 spiro atoms. The third-order valence-electron chi connectivity index (χ3n) is 7.86. The summed E-state index contributed by atoms with van der Waals surface area (Å²) in [6.07, 6.45) is 8.94. The van der Waals surface area contributed by atoms with Crippen LogP contribution < -0.4 is 4.74 Å². The average molecular weight is 437 g/mol. The molecule has 1 aromatic heterocycles. The number of likely N-dealkylation sites (tertiary alicyclic amines) is 2. The molecular weight excluding hydrogens is 404 g/mol. The minimum atomic E-state index is 0.0317. The molecule has 3 fully saturated rings. The Morgan fingerprint density at radius 3 is 2.53 bits per heavy atom. The Morgan fingerprint density at radius 1 is 1.12 bits per heavy atom. The fraction of sp³-hybridized carbons (Fsp3) is 0.560. The molecule has 0 radical (unpaired) electrons. The van der Waals surface area contributed by atoms with Gasteiger partial charge in [0.25, 0.3) is 5.91 Å². The highest BCUT2D eigenvalue weighted by atomic mass is 16.5. The van der Waals surface area contributed by atoms with Crippen molar-refractivity contribution in [1.29, 1.82) is 0 Å². The minimum absolute atomic E-state index is 0.0317. The third-order valence-corrected chi connectivity index (χ3v) is 7.86. The summed E-state index contributed by atoms with van der Waals surface area (Å²) in [5.41, 5.74) is 2.47. The predicted octanol–water partition coefficient (Wildman–Crippen LogP) is 3.73. The number of methoxy groups -OCH3 is 1. The standard InChI is InChI=1S/C25H32N4O3/c1-32-20-8-5-18(6-9-20)23-21(15-26-27-23)24(31)29-16-19(25(17-29)11-4-12-25)7-10-22(30)28-13-2-3-14-28/h5-6,8-9,15,19H,2-4,7,10-14,16-17H2,1H3,(H,26,27). The smallest absolute Gasteiger partial charge is 0.257 e. The van der Waals surface area contributed by atoms with Crippen LogP contribution in [0.15, 0.2) is 30.5 Å². The Morgan fingerprint density at radius 2 is 1.88 bits per heavy atom. The van der Waals surface area contributed by atoms with Crippen molar-refractivity contribution >= 4 is 11.8 Å². The van der Waals surface area contributed by atoms with Crippen LogP contribution in [0.3, 0.4) is 0 Å². The second-order valence-corrected chi connectivity index (χ2v) is 9.61. The van der Waals surface area contributed by atoms with Crippen LogP contribution in [0.4, 0.5) is 0 Å². The van der Waals surface area contributed by atoms with Crippen LogP contribution in [0.25, 0.3) is 11.3 Å². The van der Waals surface area contributed by atoms with Gasteiger partial charge in [-0.1, -0.05) is 6.42 Å². The Labute approximate surface area is 189 Å². The second kappa shape index (κ2) is 8.60. The number of nitrogens with zero attached hydrogens (tertiary/aromatic N) is 3. The molecule has 170 valence electrons. The highest BCUT2D eigenvalue weighted by molar-refractivity contribution is 6.00. The summed E-state index contributed by atoms with van der Waals surface area (Å²) < 4.78 is 5.24. The van der Waals surface area contributed by atoms with Crippen LogP contribution in [-0.2, 0) is 4.79 Å². The first-order valence-corrected chi connectivity index (χ1v) is 11.8. The first-order valence-electron chi connectivity index (χ1n) is 11.8. The first-order chi connectivity index (χ1) is 15.6. The minimum Gasteiger partial charge on any atom is -0.497 e. The first kappa shape index (κ1) is 21.0. The zero-order valence-electron chi connectivity index (χ0n) is 18.8. The van der Waals surface area contributed by atoms with Crippen LogP contribution in [-0.4, -0.2) is 65.1 Å². The highest BCUT2D eigenvalue weighted by Gasteiger charge is 2.51. The van der Waals surface area contributed by atoms with E-state index in [-0.39, 0.29) is 11.3 Å². The predicted molar refractivity (Wildman–Crippen MR) is 121 cm³/mol. The van der Waals surface area contributed by atoms with Crippen LogP contribution in [0.5, 0.6) is 5.75 Å². The molecule has 32 heavy (non-hydrogen) atoms. The normalized spacial score (nSPS) is 21.7. The van der Waals surface area contributed by atoms with E-state index in [2.05, 4.69) is 10.2 Å². The quantitative estimate of drug-likeness (QED) is 0.748. The zero-order valence-corrected chi connectivity index (χ0v) is 18.8. The van der Waals surface area contributed by atoms with Crippen LogP contribution in [0.2, 0.25) is 0 Å². The molecule has 7 nitrogen and oxygen atoms in total. The molecule has 1 aliphatic carbocycles. The van der Waals surface area contributed by atoms with Crippen molar-refractivity contribution < 1.29 is 14.3 Å². The number of nitrogens with one attached hydrogen (secondary N) is 1. The number of amides is 2. The van der Waals surface area contributed by atoms with Gasteiger partial charge in [-0.15, -0.1) is 0 Å². The molecule has 1 aromatic carbocycles. The number of hydrogen-bond donors (Lipinski definition) is 1. The molecule has 7 heteroatoms. The maximum Gasteiger partial charge on any atom is 0.257 e. The lowest BCUT2D eigenvalue weighted by Gasteiger charge is -2.43. The Kier molecular flexibility index (Phi) is 5.66. The molecule has 2 amide bonds. The monoisotopic (exact) mass is 436 g/mol. The molecule has 1 saturated carbocycles. The van der Waals surface area contributed by atoms with Gasteiger partial charge in [-0.25, -0.2) is 0 Å². The van der Waals surface area contributed by atoms with Crippen molar-refractivity contribution in [3.63, 3.8) is 0 Å². The van der Waals surface area contributed by atoms with Gasteiger partial charge in [0.2, 0.25) is 5.91 Å². The zero-order chi connectivity index (χ0) is 22.1. The summed E-state index contributed by atoms with van der Waals surface area (Å²) in [4.78, 5) is 30.1. The van der Waals surface area contributed by atoms with E-state index < -0.39 is 0 Å². The van der Waals surface area contributed by atoms with E-state index in [4.69, 9.17) is 4.74 Å². The summed E-state index contributed by atoms with van der Waals surface area (Å²) in [5.74, 6) is 1.50. The van der Waals surface area contributed by atoms with Gasteiger partial charge in [0.15, 0.2) is 0 Å². The van der Waals surface area contributed by atoms with Crippen molar-refractivity contribution in [1.82, 2.24) is 20.0 Å². The number of H-pyrrole nitrogens is 1. The number of ether oxygens (including phenoxy) is 1. The summed E-state index contributed by atoms with van der Waals surface area (Å²) >= 11 is 0. The summed E-state index contributed by atoms with van der Waals surface area (Å²) in [6, 6.07) is 7.65. The Hall–Kier alpha value is -2.83. The van der Waals surface area contributed by atoms with E-state index in [1.165, 1.54) is 6.42 Å². The molecule has 1 atom stereocenters. The highest BCUT2D eigenvalue weighted by Crippen LogP contribution is 2.53. The van der Waals surface area contributed by atoms with Gasteiger partial charge in [0, 0.05) is 38.2 Å². The van der Waals surface area contributed by atoms with Crippen LogP contribution in [0, 0.1) is 11.3 Å². The van der Waals surface area contributed by atoms with E-state index in [1.54, 1.807) is 13.3 Å². The fourth-order valence-electron chi connectivity index (χ4n) is 5.80. The molecule has 1 unspecified atom stereocenters. The fourth-order valence-corrected chi connectivity index (χ4v) is 5.80. The SMILES string of the molecule is COc1ccc(-c2[nH]ncc2C(=O)N2CC(CCC(=O)N3CCCC3)C3(CCC3)C2)cc1. The number of rotatable bonds is 6. The summed E-state index contributed by atoms with van der Waals surface area (Å²) in [7, 11) is 1.64. The third kappa shape index (κ3) is 3.78. The lowest BCUT2D eigenvalue weighted by Crippen LogP contribution is -2.39. The number of carbonyl (C=O) groups is 2. The maximum atomic E-state index is 13.5. The number of carbonyl (C=O) groups excluding carboxylic acids is 2. The summed E-state index contributed by atoms with van der Waals surface area (Å²) in [6.45, 7) is 3.35. The van der Waals surface area contributed by atoms with Crippen LogP contribution in [0.1, 0.15) is 55.3 Å². The molecule has 3 heterocycles. The molecule has 0 bridgehead atoms. The topological polar surface area (TPSA) is 78.5 Å². The number of aromatic nitrogens is 2. The van der Waals surface area contributed by atoms with Gasteiger partial charge in [0.05, 0.1) is 24.6 Å². The van der Waals surface area contributed by atoms with Gasteiger partial charge in [0.1, 0.15) is 5.75 Å². The van der Waals surface area contributed by atoms with Crippen LogP contribution >= 0.6 is 0 Å². The van der Waals surface area contributed by atoms with Gasteiger partial charge in [-0.3, -0.25) is 14.7 Å². The lowest BCUT2D eigenvalue weighted by molar-refractivity contribution is -0.130.